The molecule has 0 fully saturated rings. The van der Waals surface area contributed by atoms with Crippen LogP contribution in [-0.4, -0.2) is 28.8 Å². The standard InChI is InChI=1S/C11H9F5N2O5/c1-2-22-6(19)3-5-4-17-7(10(12)13)9(8(5)18(20)21)23-11(14,15)16/h4,10H,2-3H2,1H3. The molecule has 1 aromatic heterocycles. The van der Waals surface area contributed by atoms with Crippen LogP contribution in [0.2, 0.25) is 0 Å². The van der Waals surface area contributed by atoms with Crippen molar-refractivity contribution in [2.75, 3.05) is 6.61 Å². The second kappa shape index (κ2) is 7.15. The van der Waals surface area contributed by atoms with Crippen molar-refractivity contribution in [3.05, 3.63) is 27.6 Å². The Labute approximate surface area is 125 Å². The third-order valence-electron chi connectivity index (χ3n) is 2.36. The SMILES string of the molecule is CCOC(=O)Cc1cnc(C(F)F)c(OC(F)(F)F)c1[N+](=O)[O-]. The Balaban J connectivity index is 3.46. The summed E-state index contributed by atoms with van der Waals surface area (Å²) in [4.78, 5) is 24.0. The van der Waals surface area contributed by atoms with Crippen LogP contribution in [-0.2, 0) is 16.0 Å². The monoisotopic (exact) mass is 344 g/mol. The van der Waals surface area contributed by atoms with Crippen LogP contribution in [0.4, 0.5) is 27.6 Å². The molecule has 7 nitrogen and oxygen atoms in total. The molecule has 0 N–H and O–H groups in total. The molecule has 0 radical (unpaired) electrons. The first kappa shape index (κ1) is 18.5. The third kappa shape index (κ3) is 5.00. The van der Waals surface area contributed by atoms with Gasteiger partial charge in [0, 0.05) is 6.20 Å². The number of hydrogen-bond acceptors (Lipinski definition) is 6. The Morgan fingerprint density at radius 1 is 1.43 bits per heavy atom. The van der Waals surface area contributed by atoms with Gasteiger partial charge in [0.2, 0.25) is 5.75 Å². The van der Waals surface area contributed by atoms with Crippen molar-refractivity contribution in [2.45, 2.75) is 26.1 Å². The molecule has 0 atom stereocenters. The molecule has 0 aromatic carbocycles. The van der Waals surface area contributed by atoms with E-state index in [0.717, 1.165) is 0 Å². The number of carbonyl (C=O) groups is 1. The average Bonchev–Trinajstić information content (AvgIpc) is 2.36. The van der Waals surface area contributed by atoms with E-state index in [1.54, 1.807) is 0 Å². The first-order valence-corrected chi connectivity index (χ1v) is 5.92. The lowest BCUT2D eigenvalue weighted by Crippen LogP contribution is -2.21. The number of esters is 1. The summed E-state index contributed by atoms with van der Waals surface area (Å²) in [7, 11) is 0. The van der Waals surface area contributed by atoms with Crippen LogP contribution in [0.3, 0.4) is 0 Å². The minimum atomic E-state index is -5.46. The molecule has 0 aliphatic carbocycles. The minimum absolute atomic E-state index is 0.0823. The third-order valence-corrected chi connectivity index (χ3v) is 2.36. The number of hydrogen-bond donors (Lipinski definition) is 0. The Hall–Kier alpha value is -2.53. The molecule has 0 bridgehead atoms. The van der Waals surface area contributed by atoms with Crippen LogP contribution in [0.15, 0.2) is 6.20 Å². The van der Waals surface area contributed by atoms with Gasteiger partial charge in [-0.2, -0.15) is 0 Å². The van der Waals surface area contributed by atoms with E-state index in [1.807, 2.05) is 0 Å². The van der Waals surface area contributed by atoms with Gasteiger partial charge in [-0.05, 0) is 6.92 Å². The Kier molecular flexibility index (Phi) is 5.76. The lowest BCUT2D eigenvalue weighted by atomic mass is 10.1. The van der Waals surface area contributed by atoms with Gasteiger partial charge in [0.05, 0.1) is 23.5 Å². The van der Waals surface area contributed by atoms with Crippen LogP contribution < -0.4 is 4.74 Å². The van der Waals surface area contributed by atoms with E-state index in [0.29, 0.717) is 6.20 Å². The van der Waals surface area contributed by atoms with Crippen molar-refractivity contribution >= 4 is 11.7 Å². The van der Waals surface area contributed by atoms with E-state index in [2.05, 4.69) is 14.5 Å². The highest BCUT2D eigenvalue weighted by atomic mass is 19.4. The van der Waals surface area contributed by atoms with Crippen molar-refractivity contribution in [2.24, 2.45) is 0 Å². The number of nitro groups is 1. The van der Waals surface area contributed by atoms with Crippen LogP contribution in [0.25, 0.3) is 0 Å². The van der Waals surface area contributed by atoms with Gasteiger partial charge >= 0.3 is 18.0 Å². The number of carbonyl (C=O) groups excluding carboxylic acids is 1. The van der Waals surface area contributed by atoms with E-state index in [9.17, 15) is 36.9 Å². The number of aromatic nitrogens is 1. The summed E-state index contributed by atoms with van der Waals surface area (Å²) in [6.45, 7) is 1.35. The fourth-order valence-electron chi connectivity index (χ4n) is 1.60. The van der Waals surface area contributed by atoms with Gasteiger partial charge in [-0.3, -0.25) is 19.9 Å². The molecule has 1 rings (SSSR count). The highest BCUT2D eigenvalue weighted by molar-refractivity contribution is 5.75. The number of nitrogens with zero attached hydrogens (tertiary/aromatic N) is 2. The number of pyridine rings is 1. The zero-order chi connectivity index (χ0) is 17.8. The number of ether oxygens (including phenoxy) is 2. The summed E-state index contributed by atoms with van der Waals surface area (Å²) in [5.74, 6) is -2.75. The highest BCUT2D eigenvalue weighted by Gasteiger charge is 2.40. The van der Waals surface area contributed by atoms with E-state index in [-0.39, 0.29) is 6.61 Å². The molecular formula is C11H9F5N2O5. The number of rotatable bonds is 6. The molecule has 0 aliphatic rings. The topological polar surface area (TPSA) is 91.6 Å². The van der Waals surface area contributed by atoms with Gasteiger partial charge < -0.3 is 9.47 Å². The average molecular weight is 344 g/mol. The van der Waals surface area contributed by atoms with Gasteiger partial charge in [-0.1, -0.05) is 0 Å². The Bertz CT molecular complexity index is 605. The van der Waals surface area contributed by atoms with Crippen molar-refractivity contribution < 1.29 is 41.1 Å². The summed E-state index contributed by atoms with van der Waals surface area (Å²) in [6, 6.07) is 0. The summed E-state index contributed by atoms with van der Waals surface area (Å²) in [5.41, 5.74) is -3.61. The van der Waals surface area contributed by atoms with E-state index in [1.165, 1.54) is 6.92 Å². The van der Waals surface area contributed by atoms with E-state index in [4.69, 9.17) is 0 Å². The van der Waals surface area contributed by atoms with Crippen LogP contribution in [0.5, 0.6) is 5.75 Å². The van der Waals surface area contributed by atoms with Crippen molar-refractivity contribution in [1.29, 1.82) is 0 Å². The summed E-state index contributed by atoms with van der Waals surface area (Å²) < 4.78 is 70.3. The van der Waals surface area contributed by atoms with Crippen molar-refractivity contribution in [3.8, 4) is 5.75 Å². The van der Waals surface area contributed by atoms with Crippen molar-refractivity contribution in [3.63, 3.8) is 0 Å². The molecular weight excluding hydrogens is 335 g/mol. The summed E-state index contributed by atoms with van der Waals surface area (Å²) >= 11 is 0. The molecule has 0 spiro atoms. The zero-order valence-corrected chi connectivity index (χ0v) is 11.4. The summed E-state index contributed by atoms with van der Waals surface area (Å²) in [6.07, 6.45) is -9.32. The minimum Gasteiger partial charge on any atom is -0.466 e. The lowest BCUT2D eigenvalue weighted by Gasteiger charge is -2.14. The van der Waals surface area contributed by atoms with Gasteiger partial charge in [-0.25, -0.2) is 8.78 Å². The van der Waals surface area contributed by atoms with Gasteiger partial charge in [0.1, 0.15) is 0 Å². The molecule has 0 saturated carbocycles. The predicted octanol–water partition coefficient (Wildman–Crippen LogP) is 2.93. The molecule has 0 aliphatic heterocycles. The molecule has 23 heavy (non-hydrogen) atoms. The van der Waals surface area contributed by atoms with Crippen molar-refractivity contribution in [1.82, 2.24) is 4.98 Å². The Morgan fingerprint density at radius 3 is 2.48 bits per heavy atom. The molecule has 1 aromatic rings. The molecule has 1 heterocycles. The maximum absolute atomic E-state index is 12.7. The van der Waals surface area contributed by atoms with Crippen LogP contribution in [0.1, 0.15) is 24.6 Å². The first-order valence-electron chi connectivity index (χ1n) is 5.92. The first-order chi connectivity index (χ1) is 10.6. The van der Waals surface area contributed by atoms with E-state index < -0.39 is 52.8 Å². The van der Waals surface area contributed by atoms with E-state index >= 15 is 0 Å². The van der Waals surface area contributed by atoms with Gasteiger partial charge in [0.25, 0.3) is 6.43 Å². The second-order valence-corrected chi connectivity index (χ2v) is 3.93. The normalized spacial score (nSPS) is 11.4. The lowest BCUT2D eigenvalue weighted by molar-refractivity contribution is -0.389. The molecule has 0 unspecified atom stereocenters. The van der Waals surface area contributed by atoms with Gasteiger partial charge in [0.15, 0.2) is 5.69 Å². The maximum Gasteiger partial charge on any atom is 0.573 e. The quantitative estimate of drug-likeness (QED) is 0.341. The molecule has 128 valence electrons. The number of alkyl halides is 5. The maximum atomic E-state index is 12.7. The van der Waals surface area contributed by atoms with Gasteiger partial charge in [-0.15, -0.1) is 13.2 Å². The number of halogens is 5. The Morgan fingerprint density at radius 2 is 2.04 bits per heavy atom. The molecule has 0 saturated heterocycles. The molecule has 12 heteroatoms. The van der Waals surface area contributed by atoms with Crippen LogP contribution >= 0.6 is 0 Å². The largest absolute Gasteiger partial charge is 0.573 e. The predicted molar refractivity (Wildman–Crippen MR) is 62.9 cm³/mol. The smallest absolute Gasteiger partial charge is 0.466 e. The highest BCUT2D eigenvalue weighted by Crippen LogP contribution is 2.40. The summed E-state index contributed by atoms with van der Waals surface area (Å²) in [5, 5.41) is 11.0. The zero-order valence-electron chi connectivity index (χ0n) is 11.4. The molecule has 0 amide bonds. The van der Waals surface area contributed by atoms with Crippen LogP contribution in [0, 0.1) is 10.1 Å². The second-order valence-electron chi connectivity index (χ2n) is 3.93. The fourth-order valence-corrected chi connectivity index (χ4v) is 1.60. The fraction of sp³-hybridized carbons (Fsp3) is 0.455.